The third kappa shape index (κ3) is 1.90. The first-order valence-electron chi connectivity index (χ1n) is 3.94. The summed E-state index contributed by atoms with van der Waals surface area (Å²) in [6.07, 6.45) is 0. The van der Waals surface area contributed by atoms with Crippen LogP contribution in [-0.2, 0) is 4.74 Å². The number of ether oxygens (including phenoxy) is 1. The molecule has 0 radical (unpaired) electrons. The van der Waals surface area contributed by atoms with Gasteiger partial charge >= 0.3 is 17.8 Å². The number of aryl methyl sites for hydroxylation is 1. The molecule has 1 aromatic heterocycles. The number of carbonyl (C=O) groups excluding carboxylic acids is 1. The van der Waals surface area contributed by atoms with Crippen LogP contribution in [0.25, 0.3) is 0 Å². The fourth-order valence-corrected chi connectivity index (χ4v) is 0.877. The third-order valence-corrected chi connectivity index (χ3v) is 1.45. The molecule has 0 saturated heterocycles. The van der Waals surface area contributed by atoms with Crippen LogP contribution in [0, 0.1) is 6.92 Å². The zero-order chi connectivity index (χ0) is 10.7. The van der Waals surface area contributed by atoms with Crippen molar-refractivity contribution in [3.05, 3.63) is 17.3 Å². The second kappa shape index (κ2) is 3.91. The molecule has 0 aliphatic carbocycles. The van der Waals surface area contributed by atoms with Gasteiger partial charge in [-0.2, -0.15) is 4.98 Å². The van der Waals surface area contributed by atoms with Gasteiger partial charge < -0.3 is 14.3 Å². The van der Waals surface area contributed by atoms with Crippen LogP contribution in [0.5, 0.6) is 0 Å². The van der Waals surface area contributed by atoms with Crippen molar-refractivity contribution in [2.75, 3.05) is 6.61 Å². The van der Waals surface area contributed by atoms with E-state index >= 15 is 0 Å². The Labute approximate surface area is 79.5 Å². The molecule has 76 valence electrons. The van der Waals surface area contributed by atoms with E-state index in [-0.39, 0.29) is 18.1 Å². The van der Waals surface area contributed by atoms with E-state index in [0.717, 1.165) is 0 Å². The number of esters is 1. The summed E-state index contributed by atoms with van der Waals surface area (Å²) in [6, 6.07) is 0. The van der Waals surface area contributed by atoms with Gasteiger partial charge in [0.25, 0.3) is 0 Å². The van der Waals surface area contributed by atoms with Gasteiger partial charge in [-0.1, -0.05) is 0 Å². The number of hydrogen-bond acceptors (Lipinski definition) is 5. The lowest BCUT2D eigenvalue weighted by atomic mass is 10.4. The van der Waals surface area contributed by atoms with E-state index in [1.165, 1.54) is 6.92 Å². The molecule has 6 heteroatoms. The van der Waals surface area contributed by atoms with E-state index in [4.69, 9.17) is 9.52 Å². The Morgan fingerprint density at radius 2 is 2.21 bits per heavy atom. The average molecular weight is 199 g/mol. The molecular formula is C8H9NO5. The van der Waals surface area contributed by atoms with Crippen molar-refractivity contribution in [2.24, 2.45) is 0 Å². The zero-order valence-electron chi connectivity index (χ0n) is 7.73. The minimum absolute atomic E-state index is 0.0933. The second-order valence-corrected chi connectivity index (χ2v) is 2.45. The predicted octanol–water partition coefficient (Wildman–Crippen LogP) is 0.858. The first kappa shape index (κ1) is 10.2. The van der Waals surface area contributed by atoms with Gasteiger partial charge in [-0.15, -0.1) is 0 Å². The van der Waals surface area contributed by atoms with E-state index in [9.17, 15) is 9.59 Å². The summed E-state index contributed by atoms with van der Waals surface area (Å²) in [6.45, 7) is 3.30. The molecule has 0 spiro atoms. The molecular weight excluding hydrogens is 190 g/mol. The highest BCUT2D eigenvalue weighted by Gasteiger charge is 2.21. The lowest BCUT2D eigenvalue weighted by molar-refractivity contribution is 0.0518. The van der Waals surface area contributed by atoms with Crippen LogP contribution in [0.1, 0.15) is 33.9 Å². The highest BCUT2D eigenvalue weighted by molar-refractivity contribution is 5.90. The standard InChI is InChI=1S/C8H9NO5/c1-3-13-8(12)5-4(2)14-6(9-5)7(10)11/h3H2,1-2H3,(H,10,11). The normalized spacial score (nSPS) is 9.86. The number of carbonyl (C=O) groups is 2. The van der Waals surface area contributed by atoms with Gasteiger partial charge in [0.2, 0.25) is 0 Å². The summed E-state index contributed by atoms with van der Waals surface area (Å²) in [4.78, 5) is 25.1. The zero-order valence-corrected chi connectivity index (χ0v) is 7.73. The first-order chi connectivity index (χ1) is 6.56. The molecule has 6 nitrogen and oxygen atoms in total. The summed E-state index contributed by atoms with van der Waals surface area (Å²) in [5, 5.41) is 8.53. The van der Waals surface area contributed by atoms with Gasteiger partial charge in [-0.25, -0.2) is 9.59 Å². The van der Waals surface area contributed by atoms with Crippen molar-refractivity contribution in [1.82, 2.24) is 4.98 Å². The molecule has 0 saturated carbocycles. The minimum atomic E-state index is -1.32. The van der Waals surface area contributed by atoms with Crippen LogP contribution in [0.15, 0.2) is 4.42 Å². The van der Waals surface area contributed by atoms with Gasteiger partial charge in [-0.3, -0.25) is 0 Å². The molecule has 0 amide bonds. The minimum Gasteiger partial charge on any atom is -0.474 e. The van der Waals surface area contributed by atoms with Gasteiger partial charge in [0, 0.05) is 0 Å². The Balaban J connectivity index is 2.98. The summed E-state index contributed by atoms with van der Waals surface area (Å²) in [5.74, 6) is -2.36. The van der Waals surface area contributed by atoms with E-state index in [1.54, 1.807) is 6.92 Å². The largest absolute Gasteiger partial charge is 0.474 e. The number of carboxylic acids is 1. The molecule has 0 atom stereocenters. The molecule has 0 aliphatic rings. The summed E-state index contributed by atoms with van der Waals surface area (Å²) in [5.41, 5.74) is -0.0933. The van der Waals surface area contributed by atoms with E-state index < -0.39 is 17.8 Å². The number of aromatic carboxylic acids is 1. The molecule has 0 aliphatic heterocycles. The van der Waals surface area contributed by atoms with Gasteiger partial charge in [0.05, 0.1) is 6.61 Å². The van der Waals surface area contributed by atoms with Crippen LogP contribution in [0.2, 0.25) is 0 Å². The lowest BCUT2D eigenvalue weighted by Gasteiger charge is -1.96. The highest BCUT2D eigenvalue weighted by atomic mass is 16.5. The van der Waals surface area contributed by atoms with Crippen LogP contribution in [0.4, 0.5) is 0 Å². The smallest absolute Gasteiger partial charge is 0.392 e. The number of nitrogens with zero attached hydrogens (tertiary/aromatic N) is 1. The van der Waals surface area contributed by atoms with Crippen molar-refractivity contribution in [3.8, 4) is 0 Å². The molecule has 1 N–H and O–H groups in total. The SMILES string of the molecule is CCOC(=O)c1nc(C(=O)O)oc1C. The Morgan fingerprint density at radius 1 is 1.57 bits per heavy atom. The molecule has 0 bridgehead atoms. The fraction of sp³-hybridized carbons (Fsp3) is 0.375. The fourth-order valence-electron chi connectivity index (χ4n) is 0.877. The number of oxazole rings is 1. The summed E-state index contributed by atoms with van der Waals surface area (Å²) < 4.78 is 9.38. The van der Waals surface area contributed by atoms with Crippen LogP contribution in [0.3, 0.4) is 0 Å². The quantitative estimate of drug-likeness (QED) is 0.726. The van der Waals surface area contributed by atoms with Crippen molar-refractivity contribution >= 4 is 11.9 Å². The maximum absolute atomic E-state index is 11.2. The Bertz CT molecular complexity index is 368. The highest BCUT2D eigenvalue weighted by Crippen LogP contribution is 2.10. The van der Waals surface area contributed by atoms with E-state index in [2.05, 4.69) is 9.72 Å². The van der Waals surface area contributed by atoms with Crippen LogP contribution in [-0.4, -0.2) is 28.6 Å². The maximum atomic E-state index is 11.2. The van der Waals surface area contributed by atoms with E-state index in [1.807, 2.05) is 0 Å². The van der Waals surface area contributed by atoms with Gasteiger partial charge in [-0.05, 0) is 13.8 Å². The Kier molecular flexibility index (Phi) is 2.85. The van der Waals surface area contributed by atoms with Crippen molar-refractivity contribution in [1.29, 1.82) is 0 Å². The molecule has 14 heavy (non-hydrogen) atoms. The molecule has 0 unspecified atom stereocenters. The maximum Gasteiger partial charge on any atom is 0.392 e. The molecule has 0 aromatic carbocycles. The first-order valence-corrected chi connectivity index (χ1v) is 3.94. The molecule has 0 fully saturated rings. The number of carboxylic acid groups (broad SMARTS) is 1. The predicted molar refractivity (Wildman–Crippen MR) is 44.2 cm³/mol. The number of rotatable bonds is 3. The van der Waals surface area contributed by atoms with Crippen molar-refractivity contribution < 1.29 is 23.8 Å². The molecule has 1 aromatic rings. The third-order valence-electron chi connectivity index (χ3n) is 1.45. The van der Waals surface area contributed by atoms with Gasteiger partial charge in [0.15, 0.2) is 5.69 Å². The average Bonchev–Trinajstić information content (AvgIpc) is 2.48. The van der Waals surface area contributed by atoms with Crippen molar-refractivity contribution in [2.45, 2.75) is 13.8 Å². The van der Waals surface area contributed by atoms with E-state index in [0.29, 0.717) is 0 Å². The molecule has 1 rings (SSSR count). The second-order valence-electron chi connectivity index (χ2n) is 2.45. The Morgan fingerprint density at radius 3 is 2.64 bits per heavy atom. The van der Waals surface area contributed by atoms with Crippen LogP contribution < -0.4 is 0 Å². The number of hydrogen-bond donors (Lipinski definition) is 1. The summed E-state index contributed by atoms with van der Waals surface area (Å²) >= 11 is 0. The monoisotopic (exact) mass is 199 g/mol. The van der Waals surface area contributed by atoms with Gasteiger partial charge in [0.1, 0.15) is 5.76 Å². The topological polar surface area (TPSA) is 89.6 Å². The number of aromatic nitrogens is 1. The summed E-state index contributed by atoms with van der Waals surface area (Å²) in [7, 11) is 0. The molecule has 1 heterocycles. The lowest BCUT2D eigenvalue weighted by Crippen LogP contribution is -2.07. The van der Waals surface area contributed by atoms with Crippen LogP contribution >= 0.6 is 0 Å². The van der Waals surface area contributed by atoms with Crippen molar-refractivity contribution in [3.63, 3.8) is 0 Å². The Hall–Kier alpha value is -1.85.